The molecule has 0 aromatic carbocycles. The first-order valence-corrected chi connectivity index (χ1v) is 7.09. The Morgan fingerprint density at radius 2 is 1.88 bits per heavy atom. The topological polar surface area (TPSA) is 38.0 Å². The molecule has 3 rings (SSSR count). The van der Waals surface area contributed by atoms with Gasteiger partial charge in [0.2, 0.25) is 0 Å². The van der Waals surface area contributed by atoms with Crippen LogP contribution in [0.3, 0.4) is 0 Å². The number of aliphatic hydroxyl groups excluding tert-OH is 1. The zero-order valence-electron chi connectivity index (χ0n) is 10.4. The van der Waals surface area contributed by atoms with Crippen LogP contribution in [0.5, 0.6) is 0 Å². The van der Waals surface area contributed by atoms with Gasteiger partial charge in [-0.15, -0.1) is 0 Å². The van der Waals surface area contributed by atoms with E-state index >= 15 is 0 Å². The maximum atomic E-state index is 10.1. The third kappa shape index (κ3) is 2.25. The molecule has 2 aliphatic rings. The summed E-state index contributed by atoms with van der Waals surface area (Å²) < 4.78 is 2.07. The van der Waals surface area contributed by atoms with Crippen molar-refractivity contribution in [1.29, 1.82) is 0 Å². The smallest absolute Gasteiger partial charge is 0.0778 e. The quantitative estimate of drug-likeness (QED) is 0.759. The second-order valence-corrected chi connectivity index (χ2v) is 5.56. The van der Waals surface area contributed by atoms with Gasteiger partial charge in [0, 0.05) is 6.20 Å². The summed E-state index contributed by atoms with van der Waals surface area (Å²) in [5.74, 6) is 0. The number of nitrogens with zero attached hydrogens (tertiary/aromatic N) is 2. The Bertz CT molecular complexity index is 362. The lowest BCUT2D eigenvalue weighted by molar-refractivity contribution is 0.0692. The van der Waals surface area contributed by atoms with E-state index in [9.17, 15) is 5.11 Å². The molecule has 1 heterocycles. The van der Waals surface area contributed by atoms with Gasteiger partial charge in [-0.2, -0.15) is 5.10 Å². The summed E-state index contributed by atoms with van der Waals surface area (Å²) in [6.07, 6.45) is 12.7. The van der Waals surface area contributed by atoms with Crippen LogP contribution in [0.4, 0.5) is 0 Å². The lowest BCUT2D eigenvalue weighted by Gasteiger charge is -2.27. The standard InChI is InChI=1S/C14H22N2O/c17-14-9-5-4-8-13(14)16-10-11-6-2-1-3-7-12(11)15-16/h10,13-14,17H,1-9H2/t13-,14-/m0/s1. The molecule has 2 aliphatic carbocycles. The van der Waals surface area contributed by atoms with Crippen LogP contribution < -0.4 is 0 Å². The third-order valence-electron chi connectivity index (χ3n) is 4.29. The highest BCUT2D eigenvalue weighted by molar-refractivity contribution is 5.19. The highest BCUT2D eigenvalue weighted by Crippen LogP contribution is 2.30. The van der Waals surface area contributed by atoms with Crippen molar-refractivity contribution >= 4 is 0 Å². The summed E-state index contributed by atoms with van der Waals surface area (Å²) in [4.78, 5) is 0. The van der Waals surface area contributed by atoms with Crippen LogP contribution >= 0.6 is 0 Å². The number of aliphatic hydroxyl groups is 1. The number of fused-ring (bicyclic) bond motifs is 1. The van der Waals surface area contributed by atoms with Crippen LogP contribution in [0.2, 0.25) is 0 Å². The molecule has 3 heteroatoms. The molecule has 1 fully saturated rings. The third-order valence-corrected chi connectivity index (χ3v) is 4.29. The number of hydrogen-bond donors (Lipinski definition) is 1. The molecule has 0 radical (unpaired) electrons. The molecule has 0 saturated heterocycles. The molecule has 1 aromatic heterocycles. The zero-order valence-corrected chi connectivity index (χ0v) is 10.4. The lowest BCUT2D eigenvalue weighted by Crippen LogP contribution is -2.28. The van der Waals surface area contributed by atoms with Gasteiger partial charge in [0.1, 0.15) is 0 Å². The van der Waals surface area contributed by atoms with E-state index in [4.69, 9.17) is 5.10 Å². The zero-order chi connectivity index (χ0) is 11.7. The molecule has 1 N–H and O–H groups in total. The molecule has 2 atom stereocenters. The Kier molecular flexibility index (Phi) is 3.19. The van der Waals surface area contributed by atoms with Crippen molar-refractivity contribution in [2.75, 3.05) is 0 Å². The van der Waals surface area contributed by atoms with E-state index in [0.717, 1.165) is 19.3 Å². The van der Waals surface area contributed by atoms with E-state index in [-0.39, 0.29) is 12.1 Å². The van der Waals surface area contributed by atoms with E-state index < -0.39 is 0 Å². The highest BCUT2D eigenvalue weighted by Gasteiger charge is 2.26. The van der Waals surface area contributed by atoms with Gasteiger partial charge in [0.25, 0.3) is 0 Å². The van der Waals surface area contributed by atoms with Crippen molar-refractivity contribution in [3.8, 4) is 0 Å². The summed E-state index contributed by atoms with van der Waals surface area (Å²) in [7, 11) is 0. The second kappa shape index (κ2) is 4.81. The molecule has 0 amide bonds. The highest BCUT2D eigenvalue weighted by atomic mass is 16.3. The fourth-order valence-corrected chi connectivity index (χ4v) is 3.24. The normalized spacial score (nSPS) is 29.7. The van der Waals surface area contributed by atoms with Crippen LogP contribution in [-0.4, -0.2) is 21.0 Å². The average Bonchev–Trinajstić information content (AvgIpc) is 2.61. The van der Waals surface area contributed by atoms with Gasteiger partial charge in [-0.05, 0) is 44.1 Å². The summed E-state index contributed by atoms with van der Waals surface area (Å²) in [5.41, 5.74) is 2.72. The molecule has 1 saturated carbocycles. The maximum absolute atomic E-state index is 10.1. The Labute approximate surface area is 103 Å². The Balaban J connectivity index is 1.83. The van der Waals surface area contributed by atoms with Crippen LogP contribution in [0.15, 0.2) is 6.20 Å². The lowest BCUT2D eigenvalue weighted by atomic mass is 9.93. The van der Waals surface area contributed by atoms with E-state index in [1.165, 1.54) is 49.8 Å². The fourth-order valence-electron chi connectivity index (χ4n) is 3.24. The minimum absolute atomic E-state index is 0.188. The van der Waals surface area contributed by atoms with Gasteiger partial charge in [0.05, 0.1) is 17.8 Å². The largest absolute Gasteiger partial charge is 0.391 e. The molecule has 17 heavy (non-hydrogen) atoms. The predicted octanol–water partition coefficient (Wildman–Crippen LogP) is 2.63. The van der Waals surface area contributed by atoms with Gasteiger partial charge in [-0.3, -0.25) is 4.68 Å². The van der Waals surface area contributed by atoms with Crippen LogP contribution in [0.25, 0.3) is 0 Å². The first-order valence-electron chi connectivity index (χ1n) is 7.09. The van der Waals surface area contributed by atoms with Crippen LogP contribution in [-0.2, 0) is 12.8 Å². The Morgan fingerprint density at radius 1 is 1.06 bits per heavy atom. The van der Waals surface area contributed by atoms with Gasteiger partial charge in [0.15, 0.2) is 0 Å². The van der Waals surface area contributed by atoms with Crippen LogP contribution in [0, 0.1) is 0 Å². The number of aromatic nitrogens is 2. The number of hydrogen-bond acceptors (Lipinski definition) is 2. The van der Waals surface area contributed by atoms with Crippen molar-refractivity contribution in [1.82, 2.24) is 9.78 Å². The van der Waals surface area contributed by atoms with Crippen molar-refractivity contribution in [2.24, 2.45) is 0 Å². The van der Waals surface area contributed by atoms with Crippen molar-refractivity contribution in [3.63, 3.8) is 0 Å². The Hall–Kier alpha value is -0.830. The maximum Gasteiger partial charge on any atom is 0.0778 e. The van der Waals surface area contributed by atoms with Gasteiger partial charge in [-0.25, -0.2) is 0 Å². The van der Waals surface area contributed by atoms with E-state index in [0.29, 0.717) is 0 Å². The van der Waals surface area contributed by atoms with Gasteiger partial charge >= 0.3 is 0 Å². The molecule has 0 bridgehead atoms. The average molecular weight is 234 g/mol. The first kappa shape index (κ1) is 11.3. The summed E-state index contributed by atoms with van der Waals surface area (Å²) in [6.45, 7) is 0. The summed E-state index contributed by atoms with van der Waals surface area (Å²) in [6, 6.07) is 0.232. The van der Waals surface area contributed by atoms with Crippen molar-refractivity contribution in [3.05, 3.63) is 17.5 Å². The molecule has 94 valence electrons. The van der Waals surface area contributed by atoms with E-state index in [2.05, 4.69) is 10.9 Å². The van der Waals surface area contributed by atoms with Crippen molar-refractivity contribution < 1.29 is 5.11 Å². The molecule has 0 aliphatic heterocycles. The first-order chi connectivity index (χ1) is 8.34. The van der Waals surface area contributed by atoms with Crippen LogP contribution in [0.1, 0.15) is 62.2 Å². The molecule has 1 aromatic rings. The SMILES string of the molecule is O[C@H]1CCCC[C@@H]1n1cc2c(n1)CCCCC2. The minimum Gasteiger partial charge on any atom is -0.391 e. The molecule has 0 spiro atoms. The fraction of sp³-hybridized carbons (Fsp3) is 0.786. The van der Waals surface area contributed by atoms with E-state index in [1.54, 1.807) is 0 Å². The Morgan fingerprint density at radius 3 is 2.76 bits per heavy atom. The van der Waals surface area contributed by atoms with E-state index in [1.807, 2.05) is 0 Å². The minimum atomic E-state index is -0.188. The second-order valence-electron chi connectivity index (χ2n) is 5.56. The molecule has 3 nitrogen and oxygen atoms in total. The van der Waals surface area contributed by atoms with Crippen molar-refractivity contribution in [2.45, 2.75) is 69.9 Å². The van der Waals surface area contributed by atoms with Gasteiger partial charge < -0.3 is 5.11 Å². The summed E-state index contributed by atoms with van der Waals surface area (Å²) >= 11 is 0. The monoisotopic (exact) mass is 234 g/mol. The summed E-state index contributed by atoms with van der Waals surface area (Å²) in [5, 5.41) is 14.8. The number of aryl methyl sites for hydroxylation is 2. The molecular weight excluding hydrogens is 212 g/mol. The predicted molar refractivity (Wildman–Crippen MR) is 67.0 cm³/mol. The van der Waals surface area contributed by atoms with Gasteiger partial charge in [-0.1, -0.05) is 19.3 Å². The molecular formula is C14H22N2O. The molecule has 0 unspecified atom stereocenters. The number of rotatable bonds is 1.